The van der Waals surface area contributed by atoms with E-state index in [0.717, 1.165) is 12.5 Å². The Morgan fingerprint density at radius 1 is 1.45 bits per heavy atom. The second kappa shape index (κ2) is 4.73. The first-order chi connectivity index (χ1) is 5.38. The SMILES string of the molecule is CCOC(CN)C1CCCC1. The van der Waals surface area contributed by atoms with Gasteiger partial charge in [0.15, 0.2) is 0 Å². The predicted molar refractivity (Wildman–Crippen MR) is 46.4 cm³/mol. The molecule has 0 saturated heterocycles. The summed E-state index contributed by atoms with van der Waals surface area (Å²) in [7, 11) is 0. The van der Waals surface area contributed by atoms with E-state index in [1.807, 2.05) is 6.92 Å². The van der Waals surface area contributed by atoms with Crippen molar-refractivity contribution in [3.05, 3.63) is 0 Å². The van der Waals surface area contributed by atoms with Crippen molar-refractivity contribution in [2.24, 2.45) is 11.7 Å². The first kappa shape index (κ1) is 9.01. The van der Waals surface area contributed by atoms with Crippen LogP contribution in [0.2, 0.25) is 0 Å². The number of ether oxygens (including phenoxy) is 1. The average molecular weight is 157 g/mol. The highest BCUT2D eigenvalue weighted by Crippen LogP contribution is 2.28. The molecule has 11 heavy (non-hydrogen) atoms. The summed E-state index contributed by atoms with van der Waals surface area (Å²) in [5.74, 6) is 0.750. The lowest BCUT2D eigenvalue weighted by Crippen LogP contribution is -2.30. The molecule has 0 aromatic carbocycles. The van der Waals surface area contributed by atoms with Crippen molar-refractivity contribution in [3.8, 4) is 0 Å². The summed E-state index contributed by atoms with van der Waals surface area (Å²) >= 11 is 0. The molecular weight excluding hydrogens is 138 g/mol. The molecule has 1 unspecified atom stereocenters. The van der Waals surface area contributed by atoms with E-state index < -0.39 is 0 Å². The Morgan fingerprint density at radius 2 is 2.09 bits per heavy atom. The second-order valence-corrected chi connectivity index (χ2v) is 3.27. The summed E-state index contributed by atoms with van der Waals surface area (Å²) in [6, 6.07) is 0. The standard InChI is InChI=1S/C9H19NO/c1-2-11-9(7-10)8-5-3-4-6-8/h8-9H,2-7,10H2,1H3. The summed E-state index contributed by atoms with van der Waals surface area (Å²) in [6.45, 7) is 3.54. The summed E-state index contributed by atoms with van der Waals surface area (Å²) in [4.78, 5) is 0. The number of nitrogens with two attached hydrogens (primary N) is 1. The maximum atomic E-state index is 5.61. The third kappa shape index (κ3) is 2.46. The molecule has 1 aliphatic rings. The largest absolute Gasteiger partial charge is 0.377 e. The minimum atomic E-state index is 0.336. The lowest BCUT2D eigenvalue weighted by molar-refractivity contribution is 0.0281. The van der Waals surface area contributed by atoms with E-state index in [1.54, 1.807) is 0 Å². The maximum absolute atomic E-state index is 5.61. The van der Waals surface area contributed by atoms with Crippen molar-refractivity contribution in [1.29, 1.82) is 0 Å². The molecule has 1 saturated carbocycles. The fourth-order valence-corrected chi connectivity index (χ4v) is 1.94. The van der Waals surface area contributed by atoms with Gasteiger partial charge >= 0.3 is 0 Å². The molecule has 0 spiro atoms. The van der Waals surface area contributed by atoms with Crippen molar-refractivity contribution in [2.75, 3.05) is 13.2 Å². The van der Waals surface area contributed by atoms with Gasteiger partial charge in [-0.2, -0.15) is 0 Å². The molecule has 66 valence electrons. The third-order valence-corrected chi connectivity index (χ3v) is 2.54. The molecule has 1 fully saturated rings. The van der Waals surface area contributed by atoms with Crippen LogP contribution in [0.3, 0.4) is 0 Å². The molecule has 1 rings (SSSR count). The fourth-order valence-electron chi connectivity index (χ4n) is 1.94. The van der Waals surface area contributed by atoms with Gasteiger partial charge in [-0.05, 0) is 25.7 Å². The highest BCUT2D eigenvalue weighted by molar-refractivity contribution is 4.76. The Labute approximate surface area is 69.1 Å². The number of rotatable bonds is 4. The summed E-state index contributed by atoms with van der Waals surface area (Å²) in [6.07, 6.45) is 5.72. The molecule has 2 N–H and O–H groups in total. The van der Waals surface area contributed by atoms with Crippen molar-refractivity contribution >= 4 is 0 Å². The highest BCUT2D eigenvalue weighted by Gasteiger charge is 2.23. The molecule has 0 aliphatic heterocycles. The zero-order valence-electron chi connectivity index (χ0n) is 7.38. The monoisotopic (exact) mass is 157 g/mol. The van der Waals surface area contributed by atoms with E-state index in [0.29, 0.717) is 12.6 Å². The van der Waals surface area contributed by atoms with Crippen LogP contribution >= 0.6 is 0 Å². The fraction of sp³-hybridized carbons (Fsp3) is 1.00. The molecule has 1 aliphatic carbocycles. The Kier molecular flexibility index (Phi) is 3.87. The van der Waals surface area contributed by atoms with E-state index in [9.17, 15) is 0 Å². The van der Waals surface area contributed by atoms with E-state index in [-0.39, 0.29) is 0 Å². The third-order valence-electron chi connectivity index (χ3n) is 2.54. The average Bonchev–Trinajstić information content (AvgIpc) is 2.52. The van der Waals surface area contributed by atoms with Gasteiger partial charge in [0.2, 0.25) is 0 Å². The lowest BCUT2D eigenvalue weighted by atomic mass is 10.0. The molecule has 0 amide bonds. The van der Waals surface area contributed by atoms with Gasteiger partial charge < -0.3 is 10.5 Å². The Hall–Kier alpha value is -0.0800. The smallest absolute Gasteiger partial charge is 0.0725 e. The molecule has 2 nitrogen and oxygen atoms in total. The first-order valence-electron chi connectivity index (χ1n) is 4.70. The molecule has 1 atom stereocenters. The summed E-state index contributed by atoms with van der Waals surface area (Å²) in [5.41, 5.74) is 5.61. The first-order valence-corrected chi connectivity index (χ1v) is 4.70. The topological polar surface area (TPSA) is 35.2 Å². The van der Waals surface area contributed by atoms with Crippen LogP contribution in [-0.2, 0) is 4.74 Å². The van der Waals surface area contributed by atoms with Gasteiger partial charge in [0.25, 0.3) is 0 Å². The van der Waals surface area contributed by atoms with Crippen LogP contribution in [0, 0.1) is 5.92 Å². The molecule has 0 heterocycles. The Balaban J connectivity index is 2.27. The quantitative estimate of drug-likeness (QED) is 0.672. The van der Waals surface area contributed by atoms with Crippen molar-refractivity contribution < 1.29 is 4.74 Å². The van der Waals surface area contributed by atoms with Crippen LogP contribution in [0.15, 0.2) is 0 Å². The zero-order chi connectivity index (χ0) is 8.10. The Morgan fingerprint density at radius 3 is 2.55 bits per heavy atom. The van der Waals surface area contributed by atoms with Crippen molar-refractivity contribution in [3.63, 3.8) is 0 Å². The van der Waals surface area contributed by atoms with E-state index in [2.05, 4.69) is 0 Å². The number of hydrogen-bond donors (Lipinski definition) is 1. The minimum absolute atomic E-state index is 0.336. The van der Waals surface area contributed by atoms with Gasteiger partial charge in [0, 0.05) is 13.2 Å². The van der Waals surface area contributed by atoms with Crippen LogP contribution in [-0.4, -0.2) is 19.3 Å². The Bertz CT molecular complexity index is 99.7. The summed E-state index contributed by atoms with van der Waals surface area (Å²) in [5, 5.41) is 0. The zero-order valence-corrected chi connectivity index (χ0v) is 7.38. The van der Waals surface area contributed by atoms with Crippen LogP contribution < -0.4 is 5.73 Å². The molecular formula is C9H19NO. The van der Waals surface area contributed by atoms with Gasteiger partial charge in [-0.15, -0.1) is 0 Å². The minimum Gasteiger partial charge on any atom is -0.377 e. The summed E-state index contributed by atoms with van der Waals surface area (Å²) < 4.78 is 5.55. The normalized spacial score (nSPS) is 22.4. The van der Waals surface area contributed by atoms with Crippen molar-refractivity contribution in [2.45, 2.75) is 38.7 Å². The molecule has 0 aromatic rings. The van der Waals surface area contributed by atoms with E-state index >= 15 is 0 Å². The molecule has 0 aromatic heterocycles. The molecule has 0 bridgehead atoms. The highest BCUT2D eigenvalue weighted by atomic mass is 16.5. The van der Waals surface area contributed by atoms with Gasteiger partial charge in [-0.3, -0.25) is 0 Å². The van der Waals surface area contributed by atoms with Crippen LogP contribution in [0.1, 0.15) is 32.6 Å². The van der Waals surface area contributed by atoms with Crippen LogP contribution in [0.4, 0.5) is 0 Å². The van der Waals surface area contributed by atoms with Gasteiger partial charge in [0.05, 0.1) is 6.10 Å². The van der Waals surface area contributed by atoms with Gasteiger partial charge in [-0.1, -0.05) is 12.8 Å². The molecule has 0 radical (unpaired) electrons. The van der Waals surface area contributed by atoms with E-state index in [1.165, 1.54) is 25.7 Å². The van der Waals surface area contributed by atoms with Crippen LogP contribution in [0.25, 0.3) is 0 Å². The van der Waals surface area contributed by atoms with Crippen LogP contribution in [0.5, 0.6) is 0 Å². The lowest BCUT2D eigenvalue weighted by Gasteiger charge is -2.21. The van der Waals surface area contributed by atoms with Gasteiger partial charge in [-0.25, -0.2) is 0 Å². The van der Waals surface area contributed by atoms with Crippen molar-refractivity contribution in [1.82, 2.24) is 0 Å². The van der Waals surface area contributed by atoms with E-state index in [4.69, 9.17) is 10.5 Å². The predicted octanol–water partition coefficient (Wildman–Crippen LogP) is 1.54. The second-order valence-electron chi connectivity index (χ2n) is 3.27. The van der Waals surface area contributed by atoms with Gasteiger partial charge in [0.1, 0.15) is 0 Å². The maximum Gasteiger partial charge on any atom is 0.0725 e. The molecule has 2 heteroatoms. The number of hydrogen-bond acceptors (Lipinski definition) is 2.